The van der Waals surface area contributed by atoms with Gasteiger partial charge < -0.3 is 4.90 Å². The van der Waals surface area contributed by atoms with Crippen LogP contribution in [-0.2, 0) is 6.42 Å². The Morgan fingerprint density at radius 2 is 2.25 bits per heavy atom. The summed E-state index contributed by atoms with van der Waals surface area (Å²) in [6.45, 7) is 1.99. The molecule has 0 spiro atoms. The SMILES string of the molecule is CC1CCc2cc(F)ccc2N1C(=O)c1cccnn1. The van der Waals surface area contributed by atoms with E-state index in [9.17, 15) is 9.18 Å². The highest BCUT2D eigenvalue weighted by atomic mass is 19.1. The number of anilines is 1. The number of aromatic nitrogens is 2. The van der Waals surface area contributed by atoms with Crippen LogP contribution in [0.25, 0.3) is 0 Å². The van der Waals surface area contributed by atoms with Gasteiger partial charge in [-0.3, -0.25) is 4.79 Å². The fourth-order valence-electron chi connectivity index (χ4n) is 2.57. The average molecular weight is 271 g/mol. The number of hydrogen-bond donors (Lipinski definition) is 0. The van der Waals surface area contributed by atoms with Gasteiger partial charge in [-0.05, 0) is 55.7 Å². The van der Waals surface area contributed by atoms with Gasteiger partial charge in [-0.25, -0.2) is 4.39 Å². The monoisotopic (exact) mass is 271 g/mol. The van der Waals surface area contributed by atoms with Gasteiger partial charge in [0.2, 0.25) is 0 Å². The Morgan fingerprint density at radius 1 is 1.40 bits per heavy atom. The molecule has 20 heavy (non-hydrogen) atoms. The molecule has 1 amide bonds. The zero-order valence-corrected chi connectivity index (χ0v) is 11.1. The summed E-state index contributed by atoms with van der Waals surface area (Å²) in [5.74, 6) is -0.469. The van der Waals surface area contributed by atoms with E-state index in [4.69, 9.17) is 0 Å². The summed E-state index contributed by atoms with van der Waals surface area (Å²) in [5, 5.41) is 7.60. The highest BCUT2D eigenvalue weighted by molar-refractivity contribution is 6.05. The number of fused-ring (bicyclic) bond motifs is 1. The Hall–Kier alpha value is -2.30. The number of carbonyl (C=O) groups is 1. The maximum absolute atomic E-state index is 13.3. The van der Waals surface area contributed by atoms with Gasteiger partial charge >= 0.3 is 0 Å². The quantitative estimate of drug-likeness (QED) is 0.801. The summed E-state index contributed by atoms with van der Waals surface area (Å²) in [4.78, 5) is 14.3. The minimum atomic E-state index is -0.273. The Morgan fingerprint density at radius 3 is 3.00 bits per heavy atom. The minimum absolute atomic E-state index is 0.0578. The highest BCUT2D eigenvalue weighted by Crippen LogP contribution is 2.32. The number of hydrogen-bond acceptors (Lipinski definition) is 3. The van der Waals surface area contributed by atoms with Gasteiger partial charge in [0, 0.05) is 17.9 Å². The van der Waals surface area contributed by atoms with Crippen LogP contribution in [0.1, 0.15) is 29.4 Å². The van der Waals surface area contributed by atoms with E-state index in [1.165, 1.54) is 18.3 Å². The summed E-state index contributed by atoms with van der Waals surface area (Å²) in [5.41, 5.74) is 1.93. The molecule has 0 radical (unpaired) electrons. The molecule has 0 aliphatic carbocycles. The van der Waals surface area contributed by atoms with Crippen molar-refractivity contribution in [3.63, 3.8) is 0 Å². The molecule has 102 valence electrons. The molecule has 2 aromatic rings. The summed E-state index contributed by atoms with van der Waals surface area (Å²) < 4.78 is 13.3. The molecule has 0 bridgehead atoms. The van der Waals surface area contributed by atoms with Gasteiger partial charge in [-0.1, -0.05) is 0 Å². The fraction of sp³-hybridized carbons (Fsp3) is 0.267. The van der Waals surface area contributed by atoms with Gasteiger partial charge in [0.05, 0.1) is 0 Å². The number of rotatable bonds is 1. The predicted octanol–water partition coefficient (Wildman–Crippen LogP) is 2.60. The first kappa shape index (κ1) is 12.7. The molecule has 1 aromatic carbocycles. The summed E-state index contributed by atoms with van der Waals surface area (Å²) in [6.07, 6.45) is 3.11. The van der Waals surface area contributed by atoms with Crippen LogP contribution in [0.3, 0.4) is 0 Å². The van der Waals surface area contributed by atoms with Crippen molar-refractivity contribution in [3.8, 4) is 0 Å². The molecule has 0 fully saturated rings. The summed E-state index contributed by atoms with van der Waals surface area (Å²) >= 11 is 0. The third-order valence-corrected chi connectivity index (χ3v) is 3.58. The van der Waals surface area contributed by atoms with Crippen LogP contribution in [0.2, 0.25) is 0 Å². The standard InChI is InChI=1S/C15H14FN3O/c1-10-4-5-11-9-12(16)6-7-14(11)19(10)15(20)13-3-2-8-17-18-13/h2-3,6-10H,4-5H2,1H3. The van der Waals surface area contributed by atoms with Crippen LogP contribution >= 0.6 is 0 Å². The zero-order chi connectivity index (χ0) is 14.1. The lowest BCUT2D eigenvalue weighted by molar-refractivity contribution is 0.0969. The fourth-order valence-corrected chi connectivity index (χ4v) is 2.57. The molecule has 3 rings (SSSR count). The lowest BCUT2D eigenvalue weighted by Gasteiger charge is -2.35. The summed E-state index contributed by atoms with van der Waals surface area (Å²) in [6, 6.07) is 7.92. The third-order valence-electron chi connectivity index (χ3n) is 3.58. The molecule has 0 N–H and O–H groups in total. The van der Waals surface area contributed by atoms with Crippen molar-refractivity contribution in [2.75, 3.05) is 4.90 Å². The Labute approximate surface area is 116 Å². The smallest absolute Gasteiger partial charge is 0.279 e. The number of aryl methyl sites for hydroxylation is 1. The molecule has 1 unspecified atom stereocenters. The molecular formula is C15H14FN3O. The molecule has 4 nitrogen and oxygen atoms in total. The Kier molecular flexibility index (Phi) is 3.18. The average Bonchev–Trinajstić information content (AvgIpc) is 2.48. The lowest BCUT2D eigenvalue weighted by atomic mass is 9.96. The second-order valence-corrected chi connectivity index (χ2v) is 4.94. The topological polar surface area (TPSA) is 46.1 Å². The van der Waals surface area contributed by atoms with Crippen LogP contribution in [-0.4, -0.2) is 22.1 Å². The molecule has 1 aliphatic rings. The number of amides is 1. The molecule has 0 saturated carbocycles. The van der Waals surface area contributed by atoms with E-state index in [1.54, 1.807) is 23.1 Å². The van der Waals surface area contributed by atoms with Crippen molar-refractivity contribution in [1.29, 1.82) is 0 Å². The van der Waals surface area contributed by atoms with Gasteiger partial charge in [-0.15, -0.1) is 5.10 Å². The molecular weight excluding hydrogens is 257 g/mol. The molecule has 1 atom stereocenters. The minimum Gasteiger partial charge on any atom is -0.304 e. The van der Waals surface area contributed by atoms with E-state index in [-0.39, 0.29) is 17.8 Å². The van der Waals surface area contributed by atoms with E-state index >= 15 is 0 Å². The summed E-state index contributed by atoms with van der Waals surface area (Å²) in [7, 11) is 0. The van der Waals surface area contributed by atoms with Gasteiger partial charge in [0.15, 0.2) is 5.69 Å². The largest absolute Gasteiger partial charge is 0.304 e. The first-order valence-corrected chi connectivity index (χ1v) is 6.56. The first-order chi connectivity index (χ1) is 9.66. The van der Waals surface area contributed by atoms with E-state index < -0.39 is 0 Å². The number of carbonyl (C=O) groups excluding carboxylic acids is 1. The van der Waals surface area contributed by atoms with E-state index in [1.807, 2.05) is 6.92 Å². The second kappa shape index (κ2) is 5.00. The van der Waals surface area contributed by atoms with Crippen molar-refractivity contribution >= 4 is 11.6 Å². The normalized spacial score (nSPS) is 17.7. The molecule has 5 heteroatoms. The van der Waals surface area contributed by atoms with E-state index in [0.29, 0.717) is 5.69 Å². The molecule has 2 heterocycles. The Balaban J connectivity index is 2.03. The van der Waals surface area contributed by atoms with Crippen LogP contribution in [0.5, 0.6) is 0 Å². The lowest BCUT2D eigenvalue weighted by Crippen LogP contribution is -2.42. The van der Waals surface area contributed by atoms with Crippen LogP contribution in [0, 0.1) is 5.82 Å². The van der Waals surface area contributed by atoms with Crippen molar-refractivity contribution in [2.24, 2.45) is 0 Å². The highest BCUT2D eigenvalue weighted by Gasteiger charge is 2.29. The first-order valence-electron chi connectivity index (χ1n) is 6.56. The molecule has 1 aliphatic heterocycles. The predicted molar refractivity (Wildman–Crippen MR) is 73.0 cm³/mol. The maximum Gasteiger partial charge on any atom is 0.279 e. The van der Waals surface area contributed by atoms with Crippen molar-refractivity contribution < 1.29 is 9.18 Å². The van der Waals surface area contributed by atoms with Crippen LogP contribution in [0.4, 0.5) is 10.1 Å². The van der Waals surface area contributed by atoms with Gasteiger partial charge in [0.1, 0.15) is 5.82 Å². The zero-order valence-electron chi connectivity index (χ0n) is 11.1. The third kappa shape index (κ3) is 2.15. The van der Waals surface area contributed by atoms with Gasteiger partial charge in [-0.2, -0.15) is 5.10 Å². The van der Waals surface area contributed by atoms with Crippen LogP contribution < -0.4 is 4.90 Å². The Bertz CT molecular complexity index is 645. The van der Waals surface area contributed by atoms with Crippen LogP contribution in [0.15, 0.2) is 36.5 Å². The number of nitrogens with zero attached hydrogens (tertiary/aromatic N) is 3. The van der Waals surface area contributed by atoms with Crippen molar-refractivity contribution in [3.05, 3.63) is 53.6 Å². The second-order valence-electron chi connectivity index (χ2n) is 4.94. The van der Waals surface area contributed by atoms with E-state index in [2.05, 4.69) is 10.2 Å². The van der Waals surface area contributed by atoms with Crippen molar-refractivity contribution in [1.82, 2.24) is 10.2 Å². The molecule has 0 saturated heterocycles. The van der Waals surface area contributed by atoms with E-state index in [0.717, 1.165) is 24.1 Å². The van der Waals surface area contributed by atoms with Gasteiger partial charge in [0.25, 0.3) is 5.91 Å². The number of benzene rings is 1. The number of halogens is 1. The maximum atomic E-state index is 13.3. The molecule has 1 aromatic heterocycles. The van der Waals surface area contributed by atoms with Crippen molar-refractivity contribution in [2.45, 2.75) is 25.8 Å².